The molecule has 3 rings (SSSR count). The van der Waals surface area contributed by atoms with Gasteiger partial charge >= 0.3 is 0 Å². The standard InChI is InChI=1S/C17H18N2OS/c1-20-17-8-13(2-3-15(17)9-18)10-19(16-4-5-16)11-14-6-7-21-12-14/h2-3,6-8,12,16H,4-5,10-11H2,1H3. The summed E-state index contributed by atoms with van der Waals surface area (Å²) in [5.41, 5.74) is 3.18. The van der Waals surface area contributed by atoms with E-state index in [0.717, 1.165) is 13.1 Å². The van der Waals surface area contributed by atoms with Crippen LogP contribution >= 0.6 is 11.3 Å². The number of rotatable bonds is 6. The molecule has 0 atom stereocenters. The molecule has 0 radical (unpaired) electrons. The fraction of sp³-hybridized carbons (Fsp3) is 0.353. The lowest BCUT2D eigenvalue weighted by molar-refractivity contribution is 0.245. The number of nitriles is 1. The smallest absolute Gasteiger partial charge is 0.136 e. The highest BCUT2D eigenvalue weighted by Crippen LogP contribution is 2.31. The summed E-state index contributed by atoms with van der Waals surface area (Å²) in [6, 6.07) is 10.9. The topological polar surface area (TPSA) is 36.3 Å². The summed E-state index contributed by atoms with van der Waals surface area (Å²) >= 11 is 1.75. The lowest BCUT2D eigenvalue weighted by atomic mass is 10.1. The van der Waals surface area contributed by atoms with Crippen molar-refractivity contribution < 1.29 is 4.74 Å². The Kier molecular flexibility index (Phi) is 4.23. The van der Waals surface area contributed by atoms with Gasteiger partial charge in [0.2, 0.25) is 0 Å². The highest BCUT2D eigenvalue weighted by atomic mass is 32.1. The Labute approximate surface area is 129 Å². The van der Waals surface area contributed by atoms with E-state index >= 15 is 0 Å². The summed E-state index contributed by atoms with van der Waals surface area (Å²) in [5.74, 6) is 0.668. The van der Waals surface area contributed by atoms with Gasteiger partial charge in [0.1, 0.15) is 11.8 Å². The van der Waals surface area contributed by atoms with Crippen molar-refractivity contribution in [3.8, 4) is 11.8 Å². The van der Waals surface area contributed by atoms with E-state index in [1.807, 2.05) is 18.2 Å². The van der Waals surface area contributed by atoms with E-state index in [2.05, 4.69) is 27.8 Å². The van der Waals surface area contributed by atoms with Crippen molar-refractivity contribution in [1.82, 2.24) is 4.90 Å². The zero-order chi connectivity index (χ0) is 14.7. The first-order valence-corrected chi connectivity index (χ1v) is 8.06. The predicted octanol–water partition coefficient (Wildman–Crippen LogP) is 3.79. The van der Waals surface area contributed by atoms with Crippen molar-refractivity contribution in [2.75, 3.05) is 7.11 Å². The first-order valence-electron chi connectivity index (χ1n) is 7.12. The normalized spacial score (nSPS) is 14.1. The van der Waals surface area contributed by atoms with Crippen molar-refractivity contribution in [2.24, 2.45) is 0 Å². The number of ether oxygens (including phenoxy) is 1. The molecule has 0 bridgehead atoms. The van der Waals surface area contributed by atoms with Gasteiger partial charge in [-0.25, -0.2) is 0 Å². The maximum atomic E-state index is 9.05. The average Bonchev–Trinajstić information content (AvgIpc) is 3.24. The van der Waals surface area contributed by atoms with Crippen LogP contribution in [0, 0.1) is 11.3 Å². The second-order valence-corrected chi connectivity index (χ2v) is 6.19. The van der Waals surface area contributed by atoms with E-state index < -0.39 is 0 Å². The number of benzene rings is 1. The molecule has 0 amide bonds. The molecule has 2 aromatic rings. The largest absolute Gasteiger partial charge is 0.495 e. The average molecular weight is 298 g/mol. The molecule has 1 saturated carbocycles. The lowest BCUT2D eigenvalue weighted by Gasteiger charge is -2.22. The Morgan fingerprint density at radius 3 is 2.71 bits per heavy atom. The monoisotopic (exact) mass is 298 g/mol. The molecule has 0 N–H and O–H groups in total. The van der Waals surface area contributed by atoms with Crippen LogP contribution in [0.1, 0.15) is 29.5 Å². The Balaban J connectivity index is 1.75. The van der Waals surface area contributed by atoms with E-state index in [0.29, 0.717) is 17.4 Å². The van der Waals surface area contributed by atoms with E-state index in [4.69, 9.17) is 10.00 Å². The molecule has 3 nitrogen and oxygen atoms in total. The van der Waals surface area contributed by atoms with Crippen molar-refractivity contribution in [3.63, 3.8) is 0 Å². The van der Waals surface area contributed by atoms with E-state index in [9.17, 15) is 0 Å². The first-order chi connectivity index (χ1) is 10.3. The molecule has 4 heteroatoms. The minimum absolute atomic E-state index is 0.594. The molecule has 0 saturated heterocycles. The Hall–Kier alpha value is -1.83. The van der Waals surface area contributed by atoms with Gasteiger partial charge < -0.3 is 4.74 Å². The summed E-state index contributed by atoms with van der Waals surface area (Å²) in [6.07, 6.45) is 2.58. The molecular weight excluding hydrogens is 280 g/mol. The van der Waals surface area contributed by atoms with Crippen molar-refractivity contribution in [3.05, 3.63) is 51.7 Å². The second kappa shape index (κ2) is 6.30. The Morgan fingerprint density at radius 2 is 2.10 bits per heavy atom. The van der Waals surface area contributed by atoms with Gasteiger partial charge in [0, 0.05) is 19.1 Å². The number of hydrogen-bond donors (Lipinski definition) is 0. The maximum absolute atomic E-state index is 9.05. The minimum atomic E-state index is 0.594. The summed E-state index contributed by atoms with van der Waals surface area (Å²) in [4.78, 5) is 2.52. The summed E-state index contributed by atoms with van der Waals surface area (Å²) in [7, 11) is 1.62. The van der Waals surface area contributed by atoms with Crippen LogP contribution in [-0.4, -0.2) is 18.1 Å². The third kappa shape index (κ3) is 3.44. The fourth-order valence-electron chi connectivity index (χ4n) is 2.53. The number of thiophene rings is 1. The van der Waals surface area contributed by atoms with Gasteiger partial charge in [0.15, 0.2) is 0 Å². The summed E-state index contributed by atoms with van der Waals surface area (Å²) < 4.78 is 5.30. The molecule has 1 heterocycles. The quantitative estimate of drug-likeness (QED) is 0.814. The van der Waals surface area contributed by atoms with Gasteiger partial charge in [-0.05, 0) is 52.9 Å². The molecule has 0 spiro atoms. The fourth-order valence-corrected chi connectivity index (χ4v) is 3.19. The van der Waals surface area contributed by atoms with Crippen molar-refractivity contribution in [2.45, 2.75) is 32.0 Å². The van der Waals surface area contributed by atoms with Crippen LogP contribution in [0.25, 0.3) is 0 Å². The van der Waals surface area contributed by atoms with Crippen LogP contribution in [0.3, 0.4) is 0 Å². The molecular formula is C17H18N2OS. The van der Waals surface area contributed by atoms with E-state index in [-0.39, 0.29) is 0 Å². The lowest BCUT2D eigenvalue weighted by Crippen LogP contribution is -2.24. The third-order valence-corrected chi connectivity index (χ3v) is 4.53. The zero-order valence-corrected chi connectivity index (χ0v) is 12.9. The molecule has 1 aliphatic carbocycles. The molecule has 108 valence electrons. The van der Waals surface area contributed by atoms with E-state index in [1.165, 1.54) is 24.0 Å². The Bertz CT molecular complexity index is 641. The van der Waals surface area contributed by atoms with Gasteiger partial charge in [-0.15, -0.1) is 0 Å². The summed E-state index contributed by atoms with van der Waals surface area (Å²) in [5, 5.41) is 13.4. The van der Waals surface area contributed by atoms with Gasteiger partial charge in [-0.3, -0.25) is 4.90 Å². The third-order valence-electron chi connectivity index (χ3n) is 3.80. The number of nitrogens with zero attached hydrogens (tertiary/aromatic N) is 2. The molecule has 21 heavy (non-hydrogen) atoms. The molecule has 0 aliphatic heterocycles. The van der Waals surface area contributed by atoms with Crippen LogP contribution in [0.4, 0.5) is 0 Å². The highest BCUT2D eigenvalue weighted by Gasteiger charge is 2.29. The molecule has 1 aromatic carbocycles. The van der Waals surface area contributed by atoms with Crippen LogP contribution in [0.15, 0.2) is 35.0 Å². The van der Waals surface area contributed by atoms with Crippen LogP contribution in [0.5, 0.6) is 5.75 Å². The van der Waals surface area contributed by atoms with Crippen molar-refractivity contribution >= 4 is 11.3 Å². The Morgan fingerprint density at radius 1 is 1.29 bits per heavy atom. The molecule has 1 aromatic heterocycles. The SMILES string of the molecule is COc1cc(CN(Cc2ccsc2)C2CC2)ccc1C#N. The van der Waals surface area contributed by atoms with Crippen LogP contribution < -0.4 is 4.74 Å². The maximum Gasteiger partial charge on any atom is 0.136 e. The molecule has 1 aliphatic rings. The van der Waals surface area contributed by atoms with Gasteiger partial charge in [-0.1, -0.05) is 6.07 Å². The van der Waals surface area contributed by atoms with Crippen molar-refractivity contribution in [1.29, 1.82) is 5.26 Å². The van der Waals surface area contributed by atoms with Gasteiger partial charge in [0.25, 0.3) is 0 Å². The minimum Gasteiger partial charge on any atom is -0.495 e. The van der Waals surface area contributed by atoms with Crippen LogP contribution in [-0.2, 0) is 13.1 Å². The predicted molar refractivity (Wildman–Crippen MR) is 84.3 cm³/mol. The van der Waals surface area contributed by atoms with Crippen LogP contribution in [0.2, 0.25) is 0 Å². The molecule has 1 fully saturated rings. The van der Waals surface area contributed by atoms with Gasteiger partial charge in [-0.2, -0.15) is 16.6 Å². The summed E-state index contributed by atoms with van der Waals surface area (Å²) in [6.45, 7) is 1.90. The second-order valence-electron chi connectivity index (χ2n) is 5.41. The first kappa shape index (κ1) is 14.1. The highest BCUT2D eigenvalue weighted by molar-refractivity contribution is 7.07. The van der Waals surface area contributed by atoms with Gasteiger partial charge in [0.05, 0.1) is 12.7 Å². The molecule has 0 unspecified atom stereocenters. The van der Waals surface area contributed by atoms with E-state index in [1.54, 1.807) is 18.4 Å². The number of methoxy groups -OCH3 is 1. The zero-order valence-electron chi connectivity index (χ0n) is 12.1. The number of hydrogen-bond acceptors (Lipinski definition) is 4.